The van der Waals surface area contributed by atoms with E-state index in [1.807, 2.05) is 0 Å². The van der Waals surface area contributed by atoms with Crippen LogP contribution in [0, 0.1) is 12.3 Å². The fourth-order valence-corrected chi connectivity index (χ4v) is 8.25. The Hall–Kier alpha value is -3.06. The Morgan fingerprint density at radius 1 is 0.974 bits per heavy atom. The predicted molar refractivity (Wildman–Crippen MR) is 153 cm³/mol. The maximum Gasteiger partial charge on any atom is 0.323 e. The maximum absolute atomic E-state index is 13.9. The SMILES string of the molecule is CCC1(CC)C[C@@](c2ccccc2)(N(C)c2ccccc2C)CC[C@@]12CN(CC(=O)O)C(=O)N2C1(O)CCC1. The van der Waals surface area contributed by atoms with Crippen molar-refractivity contribution in [3.8, 4) is 0 Å². The normalized spacial score (nSPS) is 27.5. The zero-order chi connectivity index (χ0) is 28.1. The van der Waals surface area contributed by atoms with Crippen LogP contribution in [0.2, 0.25) is 0 Å². The molecule has 0 bridgehead atoms. The lowest BCUT2D eigenvalue weighted by molar-refractivity contribution is -0.204. The first-order valence-electron chi connectivity index (χ1n) is 14.5. The average Bonchev–Trinajstić information content (AvgIpc) is 3.19. The van der Waals surface area contributed by atoms with Crippen molar-refractivity contribution in [2.24, 2.45) is 5.41 Å². The Bertz CT molecular complexity index is 1220. The second kappa shape index (κ2) is 9.84. The molecule has 2 N–H and O–H groups in total. The third-order valence-electron chi connectivity index (χ3n) is 10.6. The summed E-state index contributed by atoms with van der Waals surface area (Å²) in [6.45, 7) is 6.54. The van der Waals surface area contributed by atoms with Gasteiger partial charge in [-0.05, 0) is 80.9 Å². The van der Waals surface area contributed by atoms with E-state index in [9.17, 15) is 19.8 Å². The smallest absolute Gasteiger partial charge is 0.323 e. The van der Waals surface area contributed by atoms with E-state index in [0.29, 0.717) is 25.8 Å². The number of aryl methyl sites for hydroxylation is 1. The molecule has 39 heavy (non-hydrogen) atoms. The van der Waals surface area contributed by atoms with E-state index in [1.54, 1.807) is 4.90 Å². The molecule has 1 saturated heterocycles. The van der Waals surface area contributed by atoms with Gasteiger partial charge in [-0.2, -0.15) is 0 Å². The summed E-state index contributed by atoms with van der Waals surface area (Å²) >= 11 is 0. The van der Waals surface area contributed by atoms with Gasteiger partial charge < -0.3 is 20.0 Å². The molecule has 5 rings (SSSR count). The number of hydrogen-bond donors (Lipinski definition) is 2. The molecule has 2 aliphatic carbocycles. The van der Waals surface area contributed by atoms with Gasteiger partial charge >= 0.3 is 12.0 Å². The van der Waals surface area contributed by atoms with Crippen LogP contribution in [0.1, 0.15) is 76.3 Å². The van der Waals surface area contributed by atoms with Crippen molar-refractivity contribution in [2.45, 2.75) is 88.9 Å². The number of carboxylic acids is 1. The minimum atomic E-state index is -1.21. The Kier molecular flexibility index (Phi) is 6.94. The van der Waals surface area contributed by atoms with Crippen molar-refractivity contribution in [3.63, 3.8) is 0 Å². The van der Waals surface area contributed by atoms with Gasteiger partial charge in [0.1, 0.15) is 12.3 Å². The molecule has 1 aliphatic heterocycles. The van der Waals surface area contributed by atoms with E-state index in [4.69, 9.17) is 0 Å². The Morgan fingerprint density at radius 3 is 2.18 bits per heavy atom. The lowest BCUT2D eigenvalue weighted by Crippen LogP contribution is -2.72. The summed E-state index contributed by atoms with van der Waals surface area (Å²) in [5, 5.41) is 21.4. The van der Waals surface area contributed by atoms with E-state index in [0.717, 1.165) is 32.1 Å². The number of benzene rings is 2. The molecular formula is C32H43N3O4. The van der Waals surface area contributed by atoms with Crippen LogP contribution in [0.25, 0.3) is 0 Å². The molecule has 1 spiro atoms. The number of anilines is 1. The zero-order valence-corrected chi connectivity index (χ0v) is 23.8. The highest BCUT2D eigenvalue weighted by molar-refractivity contribution is 5.84. The van der Waals surface area contributed by atoms with Gasteiger partial charge in [-0.25, -0.2) is 4.79 Å². The highest BCUT2D eigenvalue weighted by atomic mass is 16.4. The largest absolute Gasteiger partial charge is 0.480 e. The number of urea groups is 1. The van der Waals surface area contributed by atoms with Gasteiger partial charge in [-0.3, -0.25) is 9.69 Å². The summed E-state index contributed by atoms with van der Waals surface area (Å²) in [5.41, 5.74) is 1.11. The van der Waals surface area contributed by atoms with Crippen molar-refractivity contribution in [2.75, 3.05) is 25.0 Å². The van der Waals surface area contributed by atoms with Gasteiger partial charge in [-0.1, -0.05) is 62.4 Å². The highest BCUT2D eigenvalue weighted by Crippen LogP contribution is 2.63. The molecule has 3 aliphatic rings. The second-order valence-electron chi connectivity index (χ2n) is 12.1. The molecule has 7 nitrogen and oxygen atoms in total. The number of rotatable bonds is 8. The molecule has 3 fully saturated rings. The molecule has 2 aromatic carbocycles. The maximum atomic E-state index is 13.9. The number of carbonyl (C=O) groups excluding carboxylic acids is 1. The van der Waals surface area contributed by atoms with Crippen LogP contribution in [0.3, 0.4) is 0 Å². The van der Waals surface area contributed by atoms with Gasteiger partial charge in [0.15, 0.2) is 0 Å². The van der Waals surface area contributed by atoms with Crippen LogP contribution in [0.15, 0.2) is 54.6 Å². The average molecular weight is 534 g/mol. The summed E-state index contributed by atoms with van der Waals surface area (Å²) < 4.78 is 0. The number of para-hydroxylation sites is 1. The number of nitrogens with zero attached hydrogens (tertiary/aromatic N) is 3. The molecule has 2 amide bonds. The summed E-state index contributed by atoms with van der Waals surface area (Å²) in [6, 6.07) is 18.8. The molecule has 2 atom stereocenters. The Morgan fingerprint density at radius 2 is 1.62 bits per heavy atom. The molecule has 2 aromatic rings. The predicted octanol–water partition coefficient (Wildman–Crippen LogP) is 5.75. The first kappa shape index (κ1) is 27.5. The lowest BCUT2D eigenvalue weighted by atomic mass is 9.51. The topological polar surface area (TPSA) is 84.3 Å². The monoisotopic (exact) mass is 533 g/mol. The molecule has 2 saturated carbocycles. The van der Waals surface area contributed by atoms with Crippen LogP contribution in [-0.2, 0) is 10.3 Å². The fourth-order valence-electron chi connectivity index (χ4n) is 8.25. The van der Waals surface area contributed by atoms with Crippen molar-refractivity contribution >= 4 is 17.7 Å². The quantitative estimate of drug-likeness (QED) is 0.451. The van der Waals surface area contributed by atoms with Crippen LogP contribution in [0.4, 0.5) is 10.5 Å². The number of aliphatic carboxylic acids is 1. The van der Waals surface area contributed by atoms with Crippen LogP contribution >= 0.6 is 0 Å². The Balaban J connectivity index is 1.68. The summed E-state index contributed by atoms with van der Waals surface area (Å²) in [5.74, 6) is -1.02. The number of hydrogen-bond acceptors (Lipinski definition) is 4. The minimum Gasteiger partial charge on any atom is -0.480 e. The molecular weight excluding hydrogens is 490 g/mol. The third-order valence-corrected chi connectivity index (χ3v) is 10.6. The third kappa shape index (κ3) is 4.03. The first-order valence-corrected chi connectivity index (χ1v) is 14.5. The van der Waals surface area contributed by atoms with Crippen molar-refractivity contribution in [1.82, 2.24) is 9.80 Å². The minimum absolute atomic E-state index is 0.328. The van der Waals surface area contributed by atoms with Gasteiger partial charge in [0.2, 0.25) is 0 Å². The van der Waals surface area contributed by atoms with E-state index < -0.39 is 17.2 Å². The van der Waals surface area contributed by atoms with E-state index in [1.165, 1.54) is 21.7 Å². The van der Waals surface area contributed by atoms with Gasteiger partial charge in [-0.15, -0.1) is 0 Å². The van der Waals surface area contributed by atoms with Crippen LogP contribution in [-0.4, -0.2) is 63.4 Å². The van der Waals surface area contributed by atoms with Gasteiger partial charge in [0.05, 0.1) is 11.1 Å². The van der Waals surface area contributed by atoms with E-state index >= 15 is 0 Å². The van der Waals surface area contributed by atoms with Crippen molar-refractivity contribution in [1.29, 1.82) is 0 Å². The van der Waals surface area contributed by atoms with Gasteiger partial charge in [0, 0.05) is 19.3 Å². The van der Waals surface area contributed by atoms with E-state index in [-0.39, 0.29) is 23.5 Å². The lowest BCUT2D eigenvalue weighted by Gasteiger charge is -2.65. The fraction of sp³-hybridized carbons (Fsp3) is 0.562. The molecule has 0 aromatic heterocycles. The molecule has 0 radical (unpaired) electrons. The number of amides is 2. The summed E-state index contributed by atoms with van der Waals surface area (Å²) in [4.78, 5) is 31.4. The zero-order valence-electron chi connectivity index (χ0n) is 23.8. The highest BCUT2D eigenvalue weighted by Gasteiger charge is 2.69. The summed E-state index contributed by atoms with van der Waals surface area (Å²) in [6.07, 6.45) is 5.85. The standard InChI is InChI=1S/C32H43N3O4/c1-5-29(6-2)22-30(25-14-8-7-9-15-25,33(4)26-16-11-10-13-24(26)3)19-20-31(29)23-34(21-27(36)37)28(38)35(31)32(39)17-12-18-32/h7-11,13-16,39H,5-6,12,17-23H2,1-4H3,(H,36,37)/t30-,31+/m0/s1. The Labute approximate surface area is 232 Å². The molecule has 210 valence electrons. The van der Waals surface area contributed by atoms with Crippen LogP contribution in [0.5, 0.6) is 0 Å². The van der Waals surface area contributed by atoms with Crippen molar-refractivity contribution < 1.29 is 19.8 Å². The molecule has 7 heteroatoms. The number of aliphatic hydroxyl groups is 1. The molecule has 1 heterocycles. The van der Waals surface area contributed by atoms with Crippen LogP contribution < -0.4 is 4.90 Å². The first-order chi connectivity index (χ1) is 18.6. The second-order valence-corrected chi connectivity index (χ2v) is 12.1. The number of carboxylic acid groups (broad SMARTS) is 1. The molecule has 0 unspecified atom stereocenters. The number of carbonyl (C=O) groups is 2. The van der Waals surface area contributed by atoms with E-state index in [2.05, 4.69) is 87.3 Å². The summed E-state index contributed by atoms with van der Waals surface area (Å²) in [7, 11) is 2.19. The van der Waals surface area contributed by atoms with Gasteiger partial charge in [0.25, 0.3) is 0 Å². The van der Waals surface area contributed by atoms with Crippen molar-refractivity contribution in [3.05, 3.63) is 65.7 Å².